The number of anilines is 1. The highest BCUT2D eigenvalue weighted by molar-refractivity contribution is 5.75. The highest BCUT2D eigenvalue weighted by Gasteiger charge is 2.14. The molecule has 0 atom stereocenters. The summed E-state index contributed by atoms with van der Waals surface area (Å²) in [5, 5.41) is 0. The highest BCUT2D eigenvalue weighted by atomic mass is 15.1. The largest absolute Gasteiger partial charge is 0.368 e. The Balaban J connectivity index is 2.02. The molecule has 0 radical (unpaired) electrons. The lowest BCUT2D eigenvalue weighted by Gasteiger charge is -2.18. The maximum atomic E-state index is 5.56. The fourth-order valence-electron chi connectivity index (χ4n) is 2.09. The standard InChI is InChI=1S/C15H17N5/c1-15(2,3)10-6-4-9(5-7-10)12-18-11-8-17-14(16)20-13(11)19-12/h4-8H,1-3H3,(H3,16,17,18,19,20). The Kier molecular flexibility index (Phi) is 2.71. The van der Waals surface area contributed by atoms with Crippen LogP contribution in [0.1, 0.15) is 26.3 Å². The van der Waals surface area contributed by atoms with Crippen LogP contribution in [0.3, 0.4) is 0 Å². The molecule has 2 heterocycles. The number of H-pyrrole nitrogens is 1. The quantitative estimate of drug-likeness (QED) is 0.710. The Morgan fingerprint density at radius 2 is 1.75 bits per heavy atom. The summed E-state index contributed by atoms with van der Waals surface area (Å²) in [5.74, 6) is 1.01. The molecule has 0 fully saturated rings. The van der Waals surface area contributed by atoms with Crippen LogP contribution >= 0.6 is 0 Å². The molecule has 0 unspecified atom stereocenters. The molecule has 102 valence electrons. The minimum absolute atomic E-state index is 0.145. The van der Waals surface area contributed by atoms with Crippen LogP contribution in [0, 0.1) is 0 Å². The summed E-state index contributed by atoms with van der Waals surface area (Å²) in [6.45, 7) is 6.59. The molecule has 2 aromatic heterocycles. The first-order chi connectivity index (χ1) is 9.43. The van der Waals surface area contributed by atoms with Crippen molar-refractivity contribution in [2.24, 2.45) is 0 Å². The van der Waals surface area contributed by atoms with Crippen molar-refractivity contribution in [1.82, 2.24) is 19.9 Å². The number of nitrogens with zero attached hydrogens (tertiary/aromatic N) is 3. The molecule has 0 aliphatic rings. The van der Waals surface area contributed by atoms with Gasteiger partial charge >= 0.3 is 0 Å². The summed E-state index contributed by atoms with van der Waals surface area (Å²) in [5.41, 5.74) is 9.40. The molecule has 0 aliphatic carbocycles. The summed E-state index contributed by atoms with van der Waals surface area (Å²) in [7, 11) is 0. The number of hydrogen-bond acceptors (Lipinski definition) is 4. The Labute approximate surface area is 117 Å². The number of nitrogens with one attached hydrogen (secondary N) is 1. The first kappa shape index (κ1) is 12.6. The summed E-state index contributed by atoms with van der Waals surface area (Å²) in [6, 6.07) is 8.38. The van der Waals surface area contributed by atoms with E-state index in [0.717, 1.165) is 16.9 Å². The normalized spacial score (nSPS) is 11.9. The van der Waals surface area contributed by atoms with E-state index in [4.69, 9.17) is 5.73 Å². The molecule has 5 nitrogen and oxygen atoms in total. The lowest BCUT2D eigenvalue weighted by molar-refractivity contribution is 0.590. The van der Waals surface area contributed by atoms with Gasteiger partial charge in [-0.15, -0.1) is 0 Å². The number of benzene rings is 1. The van der Waals surface area contributed by atoms with E-state index in [0.29, 0.717) is 5.65 Å². The second-order valence-electron chi connectivity index (χ2n) is 5.88. The number of aromatic nitrogens is 4. The lowest BCUT2D eigenvalue weighted by atomic mass is 9.87. The van der Waals surface area contributed by atoms with E-state index >= 15 is 0 Å². The maximum Gasteiger partial charge on any atom is 0.222 e. The second-order valence-corrected chi connectivity index (χ2v) is 5.88. The van der Waals surface area contributed by atoms with Crippen LogP contribution in [0.5, 0.6) is 0 Å². The highest BCUT2D eigenvalue weighted by Crippen LogP contribution is 2.25. The summed E-state index contributed by atoms with van der Waals surface area (Å²) in [4.78, 5) is 15.7. The molecule has 3 rings (SSSR count). The van der Waals surface area contributed by atoms with Crippen molar-refractivity contribution in [3.8, 4) is 11.4 Å². The van der Waals surface area contributed by atoms with Gasteiger partial charge in [-0.05, 0) is 11.0 Å². The number of aromatic amines is 1. The monoisotopic (exact) mass is 267 g/mol. The minimum atomic E-state index is 0.145. The summed E-state index contributed by atoms with van der Waals surface area (Å²) < 4.78 is 0. The molecule has 0 amide bonds. The van der Waals surface area contributed by atoms with Crippen molar-refractivity contribution in [2.45, 2.75) is 26.2 Å². The molecule has 5 heteroatoms. The third-order valence-corrected chi connectivity index (χ3v) is 3.28. The third kappa shape index (κ3) is 2.22. The molecule has 0 saturated carbocycles. The molecular weight excluding hydrogens is 250 g/mol. The van der Waals surface area contributed by atoms with E-state index in [-0.39, 0.29) is 11.4 Å². The van der Waals surface area contributed by atoms with Gasteiger partial charge in [0.2, 0.25) is 5.95 Å². The van der Waals surface area contributed by atoms with Crippen LogP contribution in [0.25, 0.3) is 22.6 Å². The second kappa shape index (κ2) is 4.30. The molecule has 0 bridgehead atoms. The van der Waals surface area contributed by atoms with Gasteiger partial charge in [-0.3, -0.25) is 0 Å². The molecular formula is C15H17N5. The van der Waals surface area contributed by atoms with Crippen molar-refractivity contribution in [1.29, 1.82) is 0 Å². The number of imidazole rings is 1. The first-order valence-electron chi connectivity index (χ1n) is 6.52. The van der Waals surface area contributed by atoms with Crippen molar-refractivity contribution in [3.63, 3.8) is 0 Å². The Hall–Kier alpha value is -2.43. The maximum absolute atomic E-state index is 5.56. The van der Waals surface area contributed by atoms with Gasteiger partial charge in [-0.25, -0.2) is 9.97 Å². The Morgan fingerprint density at radius 1 is 1.05 bits per heavy atom. The number of hydrogen-bond donors (Lipinski definition) is 2. The molecule has 3 aromatic rings. The SMILES string of the molecule is CC(C)(C)c1ccc(-c2nc3nc(N)ncc3[nH]2)cc1. The fourth-order valence-corrected chi connectivity index (χ4v) is 2.09. The molecule has 0 saturated heterocycles. The van der Waals surface area contributed by atoms with Crippen molar-refractivity contribution in [3.05, 3.63) is 36.0 Å². The smallest absolute Gasteiger partial charge is 0.222 e. The van der Waals surface area contributed by atoms with Crippen LogP contribution in [-0.2, 0) is 5.41 Å². The third-order valence-electron chi connectivity index (χ3n) is 3.28. The van der Waals surface area contributed by atoms with Crippen LogP contribution in [0.4, 0.5) is 5.95 Å². The predicted molar refractivity (Wildman–Crippen MR) is 80.2 cm³/mol. The van der Waals surface area contributed by atoms with Gasteiger partial charge in [0.05, 0.1) is 6.20 Å². The van der Waals surface area contributed by atoms with Crippen molar-refractivity contribution >= 4 is 17.1 Å². The van der Waals surface area contributed by atoms with Crippen molar-refractivity contribution in [2.75, 3.05) is 5.73 Å². The Bertz CT molecular complexity index is 750. The van der Waals surface area contributed by atoms with Crippen LogP contribution in [0.2, 0.25) is 0 Å². The van der Waals surface area contributed by atoms with E-state index in [2.05, 4.69) is 65.0 Å². The number of nitrogens with two attached hydrogens (primary N) is 1. The summed E-state index contributed by atoms with van der Waals surface area (Å²) >= 11 is 0. The van der Waals surface area contributed by atoms with Gasteiger partial charge in [-0.1, -0.05) is 45.0 Å². The fraction of sp³-hybridized carbons (Fsp3) is 0.267. The van der Waals surface area contributed by atoms with E-state index in [1.165, 1.54) is 5.56 Å². The van der Waals surface area contributed by atoms with Gasteiger partial charge in [-0.2, -0.15) is 4.98 Å². The average Bonchev–Trinajstić information content (AvgIpc) is 2.80. The number of nitrogen functional groups attached to an aromatic ring is 1. The zero-order chi connectivity index (χ0) is 14.3. The first-order valence-corrected chi connectivity index (χ1v) is 6.52. The predicted octanol–water partition coefficient (Wildman–Crippen LogP) is 2.90. The van der Waals surface area contributed by atoms with Crippen LogP contribution in [-0.4, -0.2) is 19.9 Å². The van der Waals surface area contributed by atoms with E-state index in [1.807, 2.05) is 0 Å². The molecule has 3 N–H and O–H groups in total. The van der Waals surface area contributed by atoms with Gasteiger partial charge in [0, 0.05) is 5.56 Å². The van der Waals surface area contributed by atoms with E-state index in [9.17, 15) is 0 Å². The topological polar surface area (TPSA) is 80.5 Å². The number of fused-ring (bicyclic) bond motifs is 1. The van der Waals surface area contributed by atoms with E-state index in [1.54, 1.807) is 6.20 Å². The molecule has 0 aliphatic heterocycles. The molecule has 1 aromatic carbocycles. The minimum Gasteiger partial charge on any atom is -0.368 e. The zero-order valence-corrected chi connectivity index (χ0v) is 11.8. The summed E-state index contributed by atoms with van der Waals surface area (Å²) in [6.07, 6.45) is 1.65. The van der Waals surface area contributed by atoms with E-state index < -0.39 is 0 Å². The lowest BCUT2D eigenvalue weighted by Crippen LogP contribution is -2.10. The van der Waals surface area contributed by atoms with Crippen molar-refractivity contribution < 1.29 is 0 Å². The average molecular weight is 267 g/mol. The number of rotatable bonds is 1. The van der Waals surface area contributed by atoms with Crippen LogP contribution in [0.15, 0.2) is 30.5 Å². The van der Waals surface area contributed by atoms with Gasteiger partial charge in [0.15, 0.2) is 5.65 Å². The van der Waals surface area contributed by atoms with Gasteiger partial charge < -0.3 is 10.7 Å². The Morgan fingerprint density at radius 3 is 2.40 bits per heavy atom. The van der Waals surface area contributed by atoms with Gasteiger partial charge in [0.25, 0.3) is 0 Å². The molecule has 20 heavy (non-hydrogen) atoms. The van der Waals surface area contributed by atoms with Crippen LogP contribution < -0.4 is 5.73 Å². The van der Waals surface area contributed by atoms with Gasteiger partial charge in [0.1, 0.15) is 11.3 Å². The zero-order valence-electron chi connectivity index (χ0n) is 11.8. The molecule has 0 spiro atoms.